The van der Waals surface area contributed by atoms with E-state index in [1.54, 1.807) is 24.3 Å². The summed E-state index contributed by atoms with van der Waals surface area (Å²) in [5, 5.41) is 6.83. The normalized spacial score (nSPS) is 12.8. The largest absolute Gasteiger partial charge is 0.396 e. The third-order valence-corrected chi connectivity index (χ3v) is 5.39. The molecule has 0 saturated heterocycles. The minimum Gasteiger partial charge on any atom is -0.396 e. The van der Waals surface area contributed by atoms with Crippen LogP contribution in [0, 0.1) is 11.6 Å². The monoisotopic (exact) mass is 455 g/mol. The Bertz CT molecular complexity index is 1130. The van der Waals surface area contributed by atoms with E-state index in [1.165, 1.54) is 18.4 Å². The van der Waals surface area contributed by atoms with Crippen LogP contribution in [-0.2, 0) is 6.54 Å². The van der Waals surface area contributed by atoms with Gasteiger partial charge < -0.3 is 21.3 Å². The summed E-state index contributed by atoms with van der Waals surface area (Å²) in [7, 11) is 0. The molecule has 0 unspecified atom stereocenters. The van der Waals surface area contributed by atoms with Crippen LogP contribution in [0.3, 0.4) is 0 Å². The maximum Gasteiger partial charge on any atom is 0.183 e. The molecule has 0 spiro atoms. The number of nitrogens with one attached hydrogen (secondary N) is 1. The molecule has 5 N–H and O–H groups in total. The van der Waals surface area contributed by atoms with Crippen LogP contribution in [0.25, 0.3) is 5.70 Å². The first-order chi connectivity index (χ1) is 15.8. The summed E-state index contributed by atoms with van der Waals surface area (Å²) in [4.78, 5) is 12.6. The van der Waals surface area contributed by atoms with Gasteiger partial charge >= 0.3 is 0 Å². The van der Waals surface area contributed by atoms with Gasteiger partial charge in [-0.3, -0.25) is 4.99 Å². The van der Waals surface area contributed by atoms with Crippen molar-refractivity contribution in [2.24, 2.45) is 16.5 Å². The first kappa shape index (κ1) is 24.0. The molecule has 0 fully saturated rings. The predicted molar refractivity (Wildman–Crippen MR) is 123 cm³/mol. The number of nitrogens with zero attached hydrogens (tertiary/aromatic N) is 4. The molecule has 0 radical (unpaired) electrons. The molecular formula is C23H27F2N7O. The number of aromatic nitrogens is 3. The third-order valence-electron chi connectivity index (χ3n) is 5.39. The van der Waals surface area contributed by atoms with E-state index in [2.05, 4.69) is 25.4 Å². The zero-order chi connectivity index (χ0) is 23.8. The summed E-state index contributed by atoms with van der Waals surface area (Å²) in [5.41, 5.74) is 13.3. The molecule has 0 bridgehead atoms. The van der Waals surface area contributed by atoms with Gasteiger partial charge in [0.25, 0.3) is 0 Å². The SMILES string of the molecule is CCC(N)(CC)CNc1nc(C(N)=CC(=NCc2ccccc2F)c2ccon2)ncc1F. The van der Waals surface area contributed by atoms with E-state index in [1.807, 2.05) is 13.8 Å². The van der Waals surface area contributed by atoms with E-state index in [9.17, 15) is 8.78 Å². The second-order valence-electron chi connectivity index (χ2n) is 7.59. The van der Waals surface area contributed by atoms with E-state index in [-0.39, 0.29) is 29.7 Å². The average molecular weight is 456 g/mol. The Morgan fingerprint density at radius 3 is 2.61 bits per heavy atom. The van der Waals surface area contributed by atoms with Crippen molar-refractivity contribution in [3.05, 3.63) is 77.6 Å². The first-order valence-corrected chi connectivity index (χ1v) is 10.6. The molecule has 0 aliphatic rings. The molecule has 174 valence electrons. The van der Waals surface area contributed by atoms with Crippen LogP contribution in [0.15, 0.2) is 58.4 Å². The summed E-state index contributed by atoms with van der Waals surface area (Å²) in [6.07, 6.45) is 5.35. The lowest BCUT2D eigenvalue weighted by Crippen LogP contribution is -2.45. The fourth-order valence-corrected chi connectivity index (χ4v) is 2.94. The molecule has 2 heterocycles. The maximum absolute atomic E-state index is 14.3. The lowest BCUT2D eigenvalue weighted by molar-refractivity contribution is 0.417. The topological polar surface area (TPSA) is 128 Å². The van der Waals surface area contributed by atoms with Crippen LogP contribution < -0.4 is 16.8 Å². The Labute approximate surface area is 190 Å². The maximum atomic E-state index is 14.3. The van der Waals surface area contributed by atoms with Crippen LogP contribution in [0.5, 0.6) is 0 Å². The van der Waals surface area contributed by atoms with Crippen LogP contribution >= 0.6 is 0 Å². The number of aliphatic imine (C=N–C) groups is 1. The Morgan fingerprint density at radius 1 is 1.18 bits per heavy atom. The molecule has 1 aromatic carbocycles. The van der Waals surface area contributed by atoms with Crippen molar-refractivity contribution in [3.63, 3.8) is 0 Å². The number of anilines is 1. The second kappa shape index (κ2) is 10.8. The Morgan fingerprint density at radius 2 is 1.94 bits per heavy atom. The number of allylic oxidation sites excluding steroid dienone is 1. The molecule has 3 rings (SSSR count). The van der Waals surface area contributed by atoms with Crippen molar-refractivity contribution in [2.75, 3.05) is 11.9 Å². The molecule has 0 atom stereocenters. The van der Waals surface area contributed by atoms with Crippen LogP contribution in [0.4, 0.5) is 14.6 Å². The number of benzene rings is 1. The van der Waals surface area contributed by atoms with Crippen LogP contribution in [0.1, 0.15) is 43.8 Å². The van der Waals surface area contributed by atoms with Gasteiger partial charge in [0.2, 0.25) is 0 Å². The number of hydrogen-bond acceptors (Lipinski definition) is 8. The fourth-order valence-electron chi connectivity index (χ4n) is 2.94. The average Bonchev–Trinajstić information content (AvgIpc) is 3.36. The van der Waals surface area contributed by atoms with Crippen molar-refractivity contribution >= 4 is 17.2 Å². The van der Waals surface area contributed by atoms with Gasteiger partial charge in [-0.05, 0) is 25.0 Å². The molecule has 0 aliphatic heterocycles. The summed E-state index contributed by atoms with van der Waals surface area (Å²) in [6.45, 7) is 4.34. The van der Waals surface area contributed by atoms with Crippen molar-refractivity contribution in [1.29, 1.82) is 0 Å². The lowest BCUT2D eigenvalue weighted by Gasteiger charge is -2.27. The molecule has 0 saturated carbocycles. The van der Waals surface area contributed by atoms with Crippen molar-refractivity contribution in [3.8, 4) is 0 Å². The first-order valence-electron chi connectivity index (χ1n) is 10.6. The second-order valence-corrected chi connectivity index (χ2v) is 7.59. The summed E-state index contributed by atoms with van der Waals surface area (Å²) >= 11 is 0. The Hall–Kier alpha value is -3.66. The minimum absolute atomic E-state index is 0.000596. The van der Waals surface area contributed by atoms with E-state index < -0.39 is 11.4 Å². The van der Waals surface area contributed by atoms with Gasteiger partial charge in [-0.1, -0.05) is 37.2 Å². The molecule has 8 nitrogen and oxygen atoms in total. The molecular weight excluding hydrogens is 428 g/mol. The quantitative estimate of drug-likeness (QED) is 0.398. The van der Waals surface area contributed by atoms with Gasteiger partial charge in [-0.2, -0.15) is 0 Å². The number of halogens is 2. The Balaban J connectivity index is 1.88. The van der Waals surface area contributed by atoms with Gasteiger partial charge in [0.1, 0.15) is 17.8 Å². The highest BCUT2D eigenvalue weighted by molar-refractivity contribution is 6.10. The number of nitrogens with two attached hydrogens (primary N) is 2. The standard InChI is InChI=1S/C23H27F2N7O/c1-3-23(27,4-2)14-30-21-17(25)13-29-22(31-21)18(26)11-20(19-9-10-33-32-19)28-12-15-7-5-6-8-16(15)24/h5-11,13H,3-4,12,14,26-27H2,1-2H3,(H,29,30,31). The molecule has 2 aromatic heterocycles. The lowest BCUT2D eigenvalue weighted by atomic mass is 9.94. The fraction of sp³-hybridized carbons (Fsp3) is 0.304. The third kappa shape index (κ3) is 6.19. The van der Waals surface area contributed by atoms with Crippen LogP contribution in [0.2, 0.25) is 0 Å². The molecule has 10 heteroatoms. The van der Waals surface area contributed by atoms with E-state index in [4.69, 9.17) is 16.0 Å². The van der Waals surface area contributed by atoms with Gasteiger partial charge in [0.05, 0.1) is 24.2 Å². The number of hydrogen-bond donors (Lipinski definition) is 3. The van der Waals surface area contributed by atoms with E-state index in [0.29, 0.717) is 23.5 Å². The summed E-state index contributed by atoms with van der Waals surface area (Å²) < 4.78 is 33.2. The van der Waals surface area contributed by atoms with Crippen LogP contribution in [-0.4, -0.2) is 32.9 Å². The van der Waals surface area contributed by atoms with E-state index in [0.717, 1.165) is 19.0 Å². The van der Waals surface area contributed by atoms with Crippen molar-refractivity contribution in [1.82, 2.24) is 15.1 Å². The van der Waals surface area contributed by atoms with Gasteiger partial charge in [-0.15, -0.1) is 0 Å². The van der Waals surface area contributed by atoms with Gasteiger partial charge in [0, 0.05) is 23.7 Å². The molecule has 0 amide bonds. The highest BCUT2D eigenvalue weighted by Crippen LogP contribution is 2.17. The molecule has 3 aromatic rings. The van der Waals surface area contributed by atoms with Gasteiger partial charge in [-0.25, -0.2) is 18.7 Å². The summed E-state index contributed by atoms with van der Waals surface area (Å²) in [6, 6.07) is 7.92. The molecule has 33 heavy (non-hydrogen) atoms. The highest BCUT2D eigenvalue weighted by Gasteiger charge is 2.21. The van der Waals surface area contributed by atoms with Crippen molar-refractivity contribution < 1.29 is 13.3 Å². The van der Waals surface area contributed by atoms with Crippen molar-refractivity contribution in [2.45, 2.75) is 38.8 Å². The molecule has 0 aliphatic carbocycles. The number of rotatable bonds is 10. The predicted octanol–water partition coefficient (Wildman–Crippen LogP) is 3.66. The van der Waals surface area contributed by atoms with E-state index >= 15 is 0 Å². The zero-order valence-electron chi connectivity index (χ0n) is 18.6. The Kier molecular flexibility index (Phi) is 7.83. The smallest absolute Gasteiger partial charge is 0.183 e. The minimum atomic E-state index is -0.619. The summed E-state index contributed by atoms with van der Waals surface area (Å²) in [5.74, 6) is -0.896. The zero-order valence-corrected chi connectivity index (χ0v) is 18.6. The van der Waals surface area contributed by atoms with Gasteiger partial charge in [0.15, 0.2) is 17.5 Å². The highest BCUT2D eigenvalue weighted by atomic mass is 19.1.